The van der Waals surface area contributed by atoms with E-state index in [9.17, 15) is 0 Å². The molecule has 0 aliphatic carbocycles. The number of benzene rings is 2. The van der Waals surface area contributed by atoms with Crippen molar-refractivity contribution in [1.29, 1.82) is 0 Å². The topological polar surface area (TPSA) is 54.0 Å². The predicted octanol–water partition coefficient (Wildman–Crippen LogP) is 6.00. The molecule has 2 fully saturated rings. The second-order valence-corrected chi connectivity index (χ2v) is 12.5. The summed E-state index contributed by atoms with van der Waals surface area (Å²) in [7, 11) is 1.69. The van der Waals surface area contributed by atoms with Gasteiger partial charge >= 0.3 is 0 Å². The van der Waals surface area contributed by atoms with Crippen LogP contribution in [-0.4, -0.2) is 83.6 Å². The number of piperazine rings is 1. The molecule has 3 heterocycles. The van der Waals surface area contributed by atoms with Crippen LogP contribution in [0.1, 0.15) is 31.2 Å². The van der Waals surface area contributed by atoms with E-state index in [-0.39, 0.29) is 0 Å². The first-order valence-electron chi connectivity index (χ1n) is 13.7. The van der Waals surface area contributed by atoms with E-state index in [0.29, 0.717) is 6.61 Å². The number of hydrogen-bond donors (Lipinski definition) is 0. The second-order valence-electron chi connectivity index (χ2n) is 9.98. The van der Waals surface area contributed by atoms with Crippen molar-refractivity contribution in [2.24, 2.45) is 0 Å². The Bertz CT molecular complexity index is 1250. The Morgan fingerprint density at radius 3 is 2.49 bits per heavy atom. The van der Waals surface area contributed by atoms with Gasteiger partial charge in [0.25, 0.3) is 0 Å². The number of thiocarbonyl (C=S) groups is 1. The average Bonchev–Trinajstić information content (AvgIpc) is 2.98. The fourth-order valence-electron chi connectivity index (χ4n) is 5.15. The van der Waals surface area contributed by atoms with Crippen LogP contribution in [0, 0.1) is 0 Å². The van der Waals surface area contributed by atoms with Crippen LogP contribution < -0.4 is 14.4 Å². The molecule has 0 spiro atoms. The fourth-order valence-corrected chi connectivity index (χ4v) is 6.62. The van der Waals surface area contributed by atoms with Crippen molar-refractivity contribution in [2.75, 3.05) is 64.4 Å². The van der Waals surface area contributed by atoms with Gasteiger partial charge in [0.15, 0.2) is 11.5 Å². The molecule has 7 nitrogen and oxygen atoms in total. The van der Waals surface area contributed by atoms with Gasteiger partial charge in [-0.3, -0.25) is 0 Å². The zero-order valence-corrected chi connectivity index (χ0v) is 25.7. The van der Waals surface area contributed by atoms with Crippen LogP contribution in [-0.2, 0) is 5.75 Å². The summed E-state index contributed by atoms with van der Waals surface area (Å²) in [5.41, 5.74) is 2.14. The third-order valence-corrected chi connectivity index (χ3v) is 9.46. The van der Waals surface area contributed by atoms with Gasteiger partial charge in [-0.2, -0.15) is 0 Å². The maximum atomic E-state index is 6.16. The highest BCUT2D eigenvalue weighted by Crippen LogP contribution is 2.35. The highest BCUT2D eigenvalue weighted by molar-refractivity contribution is 9.10. The van der Waals surface area contributed by atoms with Crippen LogP contribution >= 0.6 is 39.9 Å². The first kappa shape index (κ1) is 28.4. The van der Waals surface area contributed by atoms with Crippen molar-refractivity contribution in [3.8, 4) is 11.5 Å². The Kier molecular flexibility index (Phi) is 10.2. The van der Waals surface area contributed by atoms with Gasteiger partial charge < -0.3 is 24.2 Å². The first-order chi connectivity index (χ1) is 19.1. The Morgan fingerprint density at radius 2 is 1.74 bits per heavy atom. The summed E-state index contributed by atoms with van der Waals surface area (Å²) in [5, 5.41) is 0.982. The average molecular weight is 631 g/mol. The minimum atomic E-state index is 0.665. The number of fused-ring (bicyclic) bond motifs is 1. The van der Waals surface area contributed by atoms with E-state index in [1.165, 1.54) is 37.9 Å². The number of nitrogens with zero attached hydrogens (tertiary/aromatic N) is 5. The van der Waals surface area contributed by atoms with E-state index < -0.39 is 0 Å². The van der Waals surface area contributed by atoms with Gasteiger partial charge in [-0.05, 0) is 56.1 Å². The third-order valence-electron chi connectivity index (χ3n) is 7.34. The van der Waals surface area contributed by atoms with E-state index in [4.69, 9.17) is 21.7 Å². The molecule has 1 aromatic heterocycles. The minimum absolute atomic E-state index is 0.665. The summed E-state index contributed by atoms with van der Waals surface area (Å²) in [6.07, 6.45) is 6.64. The number of methoxy groups -OCH3 is 1. The number of piperidine rings is 1. The van der Waals surface area contributed by atoms with E-state index >= 15 is 0 Å². The maximum absolute atomic E-state index is 6.16. The van der Waals surface area contributed by atoms with Gasteiger partial charge in [0.1, 0.15) is 16.5 Å². The molecule has 10 heteroatoms. The number of thioether (sulfide) groups is 1. The zero-order valence-electron chi connectivity index (χ0n) is 22.5. The Labute approximate surface area is 249 Å². The van der Waals surface area contributed by atoms with Gasteiger partial charge in [-0.15, -0.1) is 0 Å². The number of halogens is 1. The van der Waals surface area contributed by atoms with Crippen LogP contribution in [0.25, 0.3) is 10.9 Å². The minimum Gasteiger partial charge on any atom is -0.493 e. The van der Waals surface area contributed by atoms with E-state index in [1.54, 1.807) is 25.2 Å². The van der Waals surface area contributed by atoms with Gasteiger partial charge in [-0.1, -0.05) is 58.5 Å². The predicted molar refractivity (Wildman–Crippen MR) is 168 cm³/mol. The molecular weight excluding hydrogens is 594 g/mol. The molecule has 2 aliphatic heterocycles. The fraction of sp³-hybridized carbons (Fsp3) is 0.483. The number of ether oxygens (including phenoxy) is 2. The van der Waals surface area contributed by atoms with E-state index in [0.717, 1.165) is 81.9 Å². The maximum Gasteiger partial charge on any atom is 0.163 e. The molecule has 2 saturated heterocycles. The number of likely N-dealkylation sites (tertiary alicyclic amines) is 1. The van der Waals surface area contributed by atoms with Crippen molar-refractivity contribution >= 4 is 61.0 Å². The van der Waals surface area contributed by atoms with Crippen LogP contribution in [0.4, 0.5) is 5.82 Å². The number of aromatic nitrogens is 2. The summed E-state index contributed by atoms with van der Waals surface area (Å²) >= 11 is 11.0. The molecule has 0 radical (unpaired) electrons. The zero-order chi connectivity index (χ0) is 27.0. The smallest absolute Gasteiger partial charge is 0.163 e. The molecule has 3 aromatic rings. The lowest BCUT2D eigenvalue weighted by atomic mass is 10.1. The van der Waals surface area contributed by atoms with Gasteiger partial charge in [0.2, 0.25) is 0 Å². The number of hydrogen-bond acceptors (Lipinski definition) is 8. The normalized spacial score (nSPS) is 16.5. The van der Waals surface area contributed by atoms with E-state index in [2.05, 4.69) is 64.9 Å². The second kappa shape index (κ2) is 14.0. The van der Waals surface area contributed by atoms with Crippen LogP contribution in [0.5, 0.6) is 11.5 Å². The molecule has 0 saturated carbocycles. The van der Waals surface area contributed by atoms with Crippen molar-refractivity contribution in [3.63, 3.8) is 0 Å². The van der Waals surface area contributed by atoms with Gasteiger partial charge in [0, 0.05) is 54.4 Å². The molecule has 0 bridgehead atoms. The van der Waals surface area contributed by atoms with Gasteiger partial charge in [-0.25, -0.2) is 9.97 Å². The molecule has 0 atom stereocenters. The molecule has 0 amide bonds. The first-order valence-corrected chi connectivity index (χ1v) is 15.9. The lowest BCUT2D eigenvalue weighted by Crippen LogP contribution is -2.48. The van der Waals surface area contributed by atoms with E-state index in [1.807, 2.05) is 12.1 Å². The monoisotopic (exact) mass is 629 g/mol. The van der Waals surface area contributed by atoms with Gasteiger partial charge in [0.05, 0.1) is 19.2 Å². The molecule has 208 valence electrons. The summed E-state index contributed by atoms with van der Waals surface area (Å²) in [5.74, 6) is 3.28. The largest absolute Gasteiger partial charge is 0.493 e. The van der Waals surface area contributed by atoms with Crippen molar-refractivity contribution in [1.82, 2.24) is 19.8 Å². The van der Waals surface area contributed by atoms with Crippen molar-refractivity contribution < 1.29 is 9.47 Å². The lowest BCUT2D eigenvalue weighted by Gasteiger charge is -2.36. The SMILES string of the molecule is COc1cc2c(N3CCN(C(=S)SCc4ccc(Br)cc4)CC3)ncnc2cc1OCCCN1CCCCC1. The quantitative estimate of drug-likeness (QED) is 0.210. The summed E-state index contributed by atoms with van der Waals surface area (Å²) in [6, 6.07) is 12.4. The molecule has 5 rings (SSSR count). The number of rotatable bonds is 9. The highest BCUT2D eigenvalue weighted by atomic mass is 79.9. The summed E-state index contributed by atoms with van der Waals surface area (Å²) in [4.78, 5) is 16.4. The molecular formula is C29H36BrN5O2S2. The Balaban J connectivity index is 1.18. The molecule has 39 heavy (non-hydrogen) atoms. The van der Waals surface area contributed by atoms with Crippen molar-refractivity contribution in [2.45, 2.75) is 31.4 Å². The van der Waals surface area contributed by atoms with Crippen LogP contribution in [0.2, 0.25) is 0 Å². The standard InChI is InChI=1S/C29H36BrN5O2S2/c1-36-26-18-24-25(19-27(26)37-17-5-12-33-10-3-2-4-11-33)31-21-32-28(24)34-13-15-35(16-14-34)29(38)39-20-22-6-8-23(30)9-7-22/h6-9,18-19,21H,2-5,10-17,20H2,1H3. The van der Waals surface area contributed by atoms with Crippen LogP contribution in [0.15, 0.2) is 47.2 Å². The molecule has 0 unspecified atom stereocenters. The molecule has 0 N–H and O–H groups in total. The summed E-state index contributed by atoms with van der Waals surface area (Å²) < 4.78 is 13.9. The Morgan fingerprint density at radius 1 is 0.974 bits per heavy atom. The van der Waals surface area contributed by atoms with Crippen molar-refractivity contribution in [3.05, 3.63) is 52.8 Å². The lowest BCUT2D eigenvalue weighted by molar-refractivity contribution is 0.203. The summed E-state index contributed by atoms with van der Waals surface area (Å²) in [6.45, 7) is 7.61. The number of anilines is 1. The molecule has 2 aliphatic rings. The van der Waals surface area contributed by atoms with Crippen LogP contribution in [0.3, 0.4) is 0 Å². The Hall–Kier alpha value is -2.14. The molecule has 2 aromatic carbocycles. The highest BCUT2D eigenvalue weighted by Gasteiger charge is 2.23. The third kappa shape index (κ3) is 7.54.